The minimum absolute atomic E-state index is 0.258. The zero-order valence-corrected chi connectivity index (χ0v) is 12.5. The second kappa shape index (κ2) is 5.89. The zero-order chi connectivity index (χ0) is 13.2. The summed E-state index contributed by atoms with van der Waals surface area (Å²) in [5.41, 5.74) is 6.46. The van der Waals surface area contributed by atoms with Crippen LogP contribution in [0.4, 0.5) is 0 Å². The van der Waals surface area contributed by atoms with Crippen molar-refractivity contribution in [3.05, 3.63) is 0 Å². The van der Waals surface area contributed by atoms with Crippen molar-refractivity contribution in [3.63, 3.8) is 0 Å². The van der Waals surface area contributed by atoms with Crippen LogP contribution in [-0.4, -0.2) is 54.6 Å². The molecule has 1 saturated carbocycles. The van der Waals surface area contributed by atoms with Crippen LogP contribution in [0.1, 0.15) is 46.0 Å². The van der Waals surface area contributed by atoms with Crippen molar-refractivity contribution < 1.29 is 0 Å². The third-order valence-electron chi connectivity index (χ3n) is 4.84. The maximum atomic E-state index is 6.21. The van der Waals surface area contributed by atoms with Gasteiger partial charge in [-0.3, -0.25) is 4.90 Å². The van der Waals surface area contributed by atoms with E-state index in [9.17, 15) is 0 Å². The molecule has 0 bridgehead atoms. The van der Waals surface area contributed by atoms with Gasteiger partial charge < -0.3 is 10.6 Å². The van der Waals surface area contributed by atoms with Gasteiger partial charge in [-0.2, -0.15) is 0 Å². The summed E-state index contributed by atoms with van der Waals surface area (Å²) in [6.45, 7) is 9.08. The highest BCUT2D eigenvalue weighted by molar-refractivity contribution is 5.02. The molecule has 1 aliphatic carbocycles. The molecular weight excluding hydrogens is 222 g/mol. The smallest absolute Gasteiger partial charge is 0.0473 e. The molecule has 18 heavy (non-hydrogen) atoms. The molecule has 0 spiro atoms. The molecule has 2 rings (SSSR count). The SMILES string of the molecule is CC(C)CN(C1CCCC1)C1(CN)CCN(C)C1. The molecule has 1 heterocycles. The lowest BCUT2D eigenvalue weighted by Crippen LogP contribution is -2.59. The van der Waals surface area contributed by atoms with Crippen LogP contribution in [0.15, 0.2) is 0 Å². The number of nitrogens with two attached hydrogens (primary N) is 1. The Balaban J connectivity index is 2.14. The van der Waals surface area contributed by atoms with Crippen LogP contribution in [0.25, 0.3) is 0 Å². The summed E-state index contributed by atoms with van der Waals surface area (Å²) in [5.74, 6) is 0.736. The summed E-state index contributed by atoms with van der Waals surface area (Å²) >= 11 is 0. The Labute approximate surface area is 113 Å². The average Bonchev–Trinajstić information content (AvgIpc) is 2.95. The summed E-state index contributed by atoms with van der Waals surface area (Å²) in [7, 11) is 2.24. The molecule has 1 unspecified atom stereocenters. The van der Waals surface area contributed by atoms with E-state index in [1.54, 1.807) is 0 Å². The molecule has 1 atom stereocenters. The number of likely N-dealkylation sites (tertiary alicyclic amines) is 1. The van der Waals surface area contributed by atoms with Crippen LogP contribution in [-0.2, 0) is 0 Å². The number of rotatable bonds is 5. The predicted octanol–water partition coefficient (Wildman–Crippen LogP) is 1.92. The van der Waals surface area contributed by atoms with E-state index in [-0.39, 0.29) is 5.54 Å². The molecule has 1 aliphatic heterocycles. The zero-order valence-electron chi connectivity index (χ0n) is 12.5. The van der Waals surface area contributed by atoms with E-state index < -0.39 is 0 Å². The van der Waals surface area contributed by atoms with Crippen LogP contribution in [0.3, 0.4) is 0 Å². The topological polar surface area (TPSA) is 32.5 Å². The summed E-state index contributed by atoms with van der Waals surface area (Å²) in [4.78, 5) is 5.25. The lowest BCUT2D eigenvalue weighted by atomic mass is 9.92. The second-order valence-corrected chi connectivity index (χ2v) is 6.90. The van der Waals surface area contributed by atoms with Crippen LogP contribution in [0.2, 0.25) is 0 Å². The standard InChI is InChI=1S/C15H31N3/c1-13(2)10-18(14-6-4-5-7-14)15(11-16)8-9-17(3)12-15/h13-14H,4-12,16H2,1-3H3. The predicted molar refractivity (Wildman–Crippen MR) is 77.7 cm³/mol. The molecule has 0 aromatic carbocycles. The molecule has 3 nitrogen and oxygen atoms in total. The summed E-state index contributed by atoms with van der Waals surface area (Å²) in [6.07, 6.45) is 6.85. The van der Waals surface area contributed by atoms with Gasteiger partial charge in [0.25, 0.3) is 0 Å². The van der Waals surface area contributed by atoms with Gasteiger partial charge in [-0.05, 0) is 38.8 Å². The van der Waals surface area contributed by atoms with Gasteiger partial charge in [0.15, 0.2) is 0 Å². The van der Waals surface area contributed by atoms with Gasteiger partial charge in [0.2, 0.25) is 0 Å². The lowest BCUT2D eigenvalue weighted by molar-refractivity contribution is 0.0448. The minimum Gasteiger partial charge on any atom is -0.329 e. The quantitative estimate of drug-likeness (QED) is 0.812. The van der Waals surface area contributed by atoms with Crippen molar-refractivity contribution in [2.45, 2.75) is 57.5 Å². The number of hydrogen-bond acceptors (Lipinski definition) is 3. The highest BCUT2D eigenvalue weighted by Crippen LogP contribution is 2.34. The van der Waals surface area contributed by atoms with Gasteiger partial charge in [-0.25, -0.2) is 0 Å². The molecule has 2 aliphatic rings. The number of nitrogens with zero attached hydrogens (tertiary/aromatic N) is 2. The van der Waals surface area contributed by atoms with Crippen LogP contribution in [0.5, 0.6) is 0 Å². The van der Waals surface area contributed by atoms with E-state index in [4.69, 9.17) is 5.73 Å². The third kappa shape index (κ3) is 2.89. The molecule has 0 amide bonds. The first-order chi connectivity index (χ1) is 8.57. The monoisotopic (exact) mass is 253 g/mol. The van der Waals surface area contributed by atoms with Crippen molar-refractivity contribution in [2.24, 2.45) is 11.7 Å². The van der Waals surface area contributed by atoms with Crippen LogP contribution >= 0.6 is 0 Å². The van der Waals surface area contributed by atoms with Gasteiger partial charge >= 0.3 is 0 Å². The van der Waals surface area contributed by atoms with Crippen molar-refractivity contribution in [1.29, 1.82) is 0 Å². The molecule has 2 N–H and O–H groups in total. The molecule has 1 saturated heterocycles. The Kier molecular flexibility index (Phi) is 4.68. The molecular formula is C15H31N3. The Hall–Kier alpha value is -0.120. The van der Waals surface area contributed by atoms with Crippen LogP contribution in [0, 0.1) is 5.92 Å². The average molecular weight is 253 g/mol. The fourth-order valence-electron chi connectivity index (χ4n) is 3.92. The maximum Gasteiger partial charge on any atom is 0.0473 e. The number of hydrogen-bond donors (Lipinski definition) is 1. The first-order valence-electron chi connectivity index (χ1n) is 7.73. The lowest BCUT2D eigenvalue weighted by Gasteiger charge is -2.45. The van der Waals surface area contributed by atoms with Gasteiger partial charge in [-0.15, -0.1) is 0 Å². The molecule has 106 valence electrons. The van der Waals surface area contributed by atoms with Crippen molar-refractivity contribution in [1.82, 2.24) is 9.80 Å². The minimum atomic E-state index is 0.258. The first kappa shape index (κ1) is 14.3. The van der Waals surface area contributed by atoms with E-state index in [2.05, 4.69) is 30.7 Å². The van der Waals surface area contributed by atoms with Gasteiger partial charge in [0, 0.05) is 31.2 Å². The van der Waals surface area contributed by atoms with E-state index >= 15 is 0 Å². The highest BCUT2D eigenvalue weighted by atomic mass is 15.3. The normalized spacial score (nSPS) is 31.0. The Morgan fingerprint density at radius 1 is 1.33 bits per heavy atom. The molecule has 0 radical (unpaired) electrons. The van der Waals surface area contributed by atoms with Crippen LogP contribution < -0.4 is 5.73 Å². The number of likely N-dealkylation sites (N-methyl/N-ethyl adjacent to an activating group) is 1. The van der Waals surface area contributed by atoms with E-state index in [0.717, 1.165) is 25.0 Å². The summed E-state index contributed by atoms with van der Waals surface area (Å²) in [6, 6.07) is 0.794. The Morgan fingerprint density at radius 2 is 2.00 bits per heavy atom. The summed E-state index contributed by atoms with van der Waals surface area (Å²) in [5, 5.41) is 0. The summed E-state index contributed by atoms with van der Waals surface area (Å²) < 4.78 is 0. The molecule has 2 fully saturated rings. The third-order valence-corrected chi connectivity index (χ3v) is 4.84. The second-order valence-electron chi connectivity index (χ2n) is 6.90. The highest BCUT2D eigenvalue weighted by Gasteiger charge is 2.44. The fourth-order valence-corrected chi connectivity index (χ4v) is 3.92. The van der Waals surface area contributed by atoms with Gasteiger partial charge in [0.05, 0.1) is 0 Å². The van der Waals surface area contributed by atoms with Crippen molar-refractivity contribution >= 4 is 0 Å². The molecule has 0 aromatic heterocycles. The van der Waals surface area contributed by atoms with Gasteiger partial charge in [-0.1, -0.05) is 26.7 Å². The maximum absolute atomic E-state index is 6.21. The molecule has 0 aromatic rings. The largest absolute Gasteiger partial charge is 0.329 e. The Bertz CT molecular complexity index is 260. The van der Waals surface area contributed by atoms with E-state index in [0.29, 0.717) is 0 Å². The van der Waals surface area contributed by atoms with E-state index in [1.807, 2.05) is 0 Å². The first-order valence-corrected chi connectivity index (χ1v) is 7.73. The fraction of sp³-hybridized carbons (Fsp3) is 1.00. The van der Waals surface area contributed by atoms with Gasteiger partial charge in [0.1, 0.15) is 0 Å². The van der Waals surface area contributed by atoms with Crippen molar-refractivity contribution in [2.75, 3.05) is 33.2 Å². The Morgan fingerprint density at radius 3 is 2.44 bits per heavy atom. The van der Waals surface area contributed by atoms with E-state index in [1.165, 1.54) is 45.2 Å². The molecule has 3 heteroatoms. The van der Waals surface area contributed by atoms with Crippen molar-refractivity contribution in [3.8, 4) is 0 Å².